The Hall–Kier alpha value is -0.510. The van der Waals surface area contributed by atoms with Crippen molar-refractivity contribution in [3.63, 3.8) is 0 Å². The van der Waals surface area contributed by atoms with Crippen LogP contribution in [0.4, 0.5) is 5.69 Å². The predicted molar refractivity (Wildman–Crippen MR) is 75.5 cm³/mol. The van der Waals surface area contributed by atoms with Gasteiger partial charge in [0.15, 0.2) is 0 Å². The summed E-state index contributed by atoms with van der Waals surface area (Å²) in [6.45, 7) is 2.13. The van der Waals surface area contributed by atoms with Gasteiger partial charge in [-0.15, -0.1) is 11.3 Å². The Morgan fingerprint density at radius 1 is 1.25 bits per heavy atom. The maximum Gasteiger partial charge on any atom is 0.0702 e. The topological polar surface area (TPSA) is 12.0 Å². The van der Waals surface area contributed by atoms with Crippen LogP contribution in [-0.4, -0.2) is 0 Å². The van der Waals surface area contributed by atoms with Gasteiger partial charge >= 0.3 is 0 Å². The van der Waals surface area contributed by atoms with Crippen molar-refractivity contribution < 1.29 is 0 Å². The molecule has 0 saturated carbocycles. The van der Waals surface area contributed by atoms with E-state index in [1.807, 2.05) is 24.3 Å². The first kappa shape index (κ1) is 12.0. The standard InChI is InChI=1S/C12H11BrClNS/c1-8(11-6-7-12(13)16-11)15-10-5-3-2-4-9(10)14/h2-8,15H,1H3. The number of halogens is 2. The summed E-state index contributed by atoms with van der Waals surface area (Å²) >= 11 is 11.3. The van der Waals surface area contributed by atoms with Gasteiger partial charge in [-0.05, 0) is 47.1 Å². The van der Waals surface area contributed by atoms with Crippen LogP contribution in [0.2, 0.25) is 5.02 Å². The molecule has 1 N–H and O–H groups in total. The zero-order chi connectivity index (χ0) is 11.5. The molecule has 16 heavy (non-hydrogen) atoms. The van der Waals surface area contributed by atoms with Gasteiger partial charge in [0.25, 0.3) is 0 Å². The fraction of sp³-hybridized carbons (Fsp3) is 0.167. The van der Waals surface area contributed by atoms with Crippen LogP contribution in [-0.2, 0) is 0 Å². The summed E-state index contributed by atoms with van der Waals surface area (Å²) in [5, 5.41) is 4.15. The maximum atomic E-state index is 6.09. The van der Waals surface area contributed by atoms with Crippen molar-refractivity contribution in [2.75, 3.05) is 5.32 Å². The molecule has 0 bridgehead atoms. The van der Waals surface area contributed by atoms with E-state index in [1.54, 1.807) is 11.3 Å². The number of benzene rings is 1. The second-order valence-corrected chi connectivity index (χ2v) is 6.39. The first-order valence-electron chi connectivity index (χ1n) is 4.93. The van der Waals surface area contributed by atoms with Gasteiger partial charge in [0.1, 0.15) is 0 Å². The molecule has 2 aromatic rings. The van der Waals surface area contributed by atoms with Crippen molar-refractivity contribution in [3.05, 3.63) is 50.1 Å². The molecule has 4 heteroatoms. The number of rotatable bonds is 3. The zero-order valence-electron chi connectivity index (χ0n) is 8.71. The molecule has 0 saturated heterocycles. The lowest BCUT2D eigenvalue weighted by Gasteiger charge is -2.14. The molecule has 0 radical (unpaired) electrons. The van der Waals surface area contributed by atoms with Gasteiger partial charge in [-0.3, -0.25) is 0 Å². The summed E-state index contributed by atoms with van der Waals surface area (Å²) in [4.78, 5) is 1.28. The molecule has 0 aliphatic heterocycles. The minimum atomic E-state index is 0.260. The summed E-state index contributed by atoms with van der Waals surface area (Å²) in [5.74, 6) is 0. The molecule has 2 rings (SSSR count). The molecule has 1 heterocycles. The third-order valence-corrected chi connectivity index (χ3v) is 4.40. The van der Waals surface area contributed by atoms with E-state index < -0.39 is 0 Å². The van der Waals surface area contributed by atoms with E-state index in [2.05, 4.69) is 40.3 Å². The minimum absolute atomic E-state index is 0.260. The number of anilines is 1. The van der Waals surface area contributed by atoms with Gasteiger partial charge in [-0.2, -0.15) is 0 Å². The average Bonchev–Trinajstić information content (AvgIpc) is 2.68. The maximum absolute atomic E-state index is 6.09. The third-order valence-electron chi connectivity index (χ3n) is 2.27. The molecular weight excluding hydrogens is 306 g/mol. The lowest BCUT2D eigenvalue weighted by atomic mass is 10.2. The van der Waals surface area contributed by atoms with Crippen LogP contribution < -0.4 is 5.32 Å². The van der Waals surface area contributed by atoms with Crippen LogP contribution in [0.15, 0.2) is 40.2 Å². The van der Waals surface area contributed by atoms with E-state index >= 15 is 0 Å². The van der Waals surface area contributed by atoms with E-state index in [9.17, 15) is 0 Å². The Morgan fingerprint density at radius 3 is 2.62 bits per heavy atom. The van der Waals surface area contributed by atoms with Gasteiger partial charge in [0.05, 0.1) is 20.5 Å². The zero-order valence-corrected chi connectivity index (χ0v) is 11.9. The molecule has 0 spiro atoms. The summed E-state index contributed by atoms with van der Waals surface area (Å²) in [5.41, 5.74) is 0.973. The van der Waals surface area contributed by atoms with Gasteiger partial charge in [-0.1, -0.05) is 23.7 Å². The van der Waals surface area contributed by atoms with Crippen molar-refractivity contribution >= 4 is 44.6 Å². The predicted octanol–water partition coefficient (Wildman–Crippen LogP) is 5.34. The monoisotopic (exact) mass is 315 g/mol. The van der Waals surface area contributed by atoms with E-state index in [0.29, 0.717) is 0 Å². The molecule has 0 fully saturated rings. The second-order valence-electron chi connectivity index (χ2n) is 3.49. The normalized spacial score (nSPS) is 12.4. The number of nitrogens with one attached hydrogen (secondary N) is 1. The Labute approximate surface area is 113 Å². The van der Waals surface area contributed by atoms with E-state index in [-0.39, 0.29) is 6.04 Å². The molecular formula is C12H11BrClNS. The molecule has 1 aromatic heterocycles. The Bertz CT molecular complexity index is 483. The van der Waals surface area contributed by atoms with E-state index in [0.717, 1.165) is 14.5 Å². The fourth-order valence-electron chi connectivity index (χ4n) is 1.44. The molecule has 0 aliphatic rings. The smallest absolute Gasteiger partial charge is 0.0702 e. The van der Waals surface area contributed by atoms with Crippen molar-refractivity contribution in [2.45, 2.75) is 13.0 Å². The van der Waals surface area contributed by atoms with E-state index in [4.69, 9.17) is 11.6 Å². The van der Waals surface area contributed by atoms with Crippen LogP contribution in [0.3, 0.4) is 0 Å². The summed E-state index contributed by atoms with van der Waals surface area (Å²) in [7, 11) is 0. The Balaban J connectivity index is 2.13. The van der Waals surface area contributed by atoms with Crippen LogP contribution >= 0.6 is 38.9 Å². The van der Waals surface area contributed by atoms with Gasteiger partial charge in [0.2, 0.25) is 0 Å². The highest BCUT2D eigenvalue weighted by molar-refractivity contribution is 9.11. The minimum Gasteiger partial charge on any atom is -0.377 e. The van der Waals surface area contributed by atoms with Gasteiger partial charge in [0, 0.05) is 4.88 Å². The number of thiophene rings is 1. The molecule has 1 unspecified atom stereocenters. The summed E-state index contributed by atoms with van der Waals surface area (Å²) < 4.78 is 1.15. The number of hydrogen-bond acceptors (Lipinski definition) is 2. The summed E-state index contributed by atoms with van der Waals surface area (Å²) in [6.07, 6.45) is 0. The van der Waals surface area contributed by atoms with Crippen molar-refractivity contribution in [1.29, 1.82) is 0 Å². The number of para-hydroxylation sites is 1. The SMILES string of the molecule is CC(Nc1ccccc1Cl)c1ccc(Br)s1. The van der Waals surface area contributed by atoms with Crippen molar-refractivity contribution in [3.8, 4) is 0 Å². The fourth-order valence-corrected chi connectivity index (χ4v) is 3.06. The van der Waals surface area contributed by atoms with E-state index in [1.165, 1.54) is 4.88 Å². The van der Waals surface area contributed by atoms with Crippen LogP contribution in [0.1, 0.15) is 17.8 Å². The van der Waals surface area contributed by atoms with Crippen LogP contribution in [0.25, 0.3) is 0 Å². The third kappa shape index (κ3) is 2.78. The molecule has 1 atom stereocenters. The quantitative estimate of drug-likeness (QED) is 0.806. The molecule has 84 valence electrons. The molecule has 0 aliphatic carbocycles. The molecule has 0 amide bonds. The Kier molecular flexibility index (Phi) is 3.90. The molecule has 1 nitrogen and oxygen atoms in total. The largest absolute Gasteiger partial charge is 0.377 e. The lowest BCUT2D eigenvalue weighted by Crippen LogP contribution is -2.04. The average molecular weight is 317 g/mol. The number of hydrogen-bond donors (Lipinski definition) is 1. The first-order valence-corrected chi connectivity index (χ1v) is 6.92. The summed E-state index contributed by atoms with van der Waals surface area (Å²) in [6, 6.07) is 12.2. The van der Waals surface area contributed by atoms with Crippen LogP contribution in [0, 0.1) is 0 Å². The highest BCUT2D eigenvalue weighted by Crippen LogP contribution is 2.31. The van der Waals surface area contributed by atoms with Crippen molar-refractivity contribution in [2.24, 2.45) is 0 Å². The van der Waals surface area contributed by atoms with Gasteiger partial charge in [-0.25, -0.2) is 0 Å². The van der Waals surface area contributed by atoms with Gasteiger partial charge < -0.3 is 5.32 Å². The van der Waals surface area contributed by atoms with Crippen LogP contribution in [0.5, 0.6) is 0 Å². The highest BCUT2D eigenvalue weighted by Gasteiger charge is 2.09. The van der Waals surface area contributed by atoms with Crippen molar-refractivity contribution in [1.82, 2.24) is 0 Å². The lowest BCUT2D eigenvalue weighted by molar-refractivity contribution is 0.908. The molecule has 1 aromatic carbocycles. The Morgan fingerprint density at radius 2 is 2.00 bits per heavy atom. The highest BCUT2D eigenvalue weighted by atomic mass is 79.9. The second kappa shape index (κ2) is 5.21. The first-order chi connectivity index (χ1) is 7.66.